The zero-order valence-electron chi connectivity index (χ0n) is 11.1. The van der Waals surface area contributed by atoms with E-state index in [0.717, 1.165) is 12.1 Å². The molecule has 0 amide bonds. The zero-order valence-corrected chi connectivity index (χ0v) is 11.9. The molecular formula is C14H14FN3O2S. The lowest BCUT2D eigenvalue weighted by Crippen LogP contribution is -2.13. The van der Waals surface area contributed by atoms with Gasteiger partial charge in [0.25, 0.3) is 10.0 Å². The Kier molecular flexibility index (Phi) is 4.54. The summed E-state index contributed by atoms with van der Waals surface area (Å²) >= 11 is 0. The Labute approximate surface area is 122 Å². The molecule has 0 saturated heterocycles. The van der Waals surface area contributed by atoms with Crippen LogP contribution in [-0.4, -0.2) is 19.9 Å². The molecule has 7 heteroatoms. The number of benzene rings is 1. The molecule has 110 valence electrons. The minimum atomic E-state index is -3.75. The van der Waals surface area contributed by atoms with Gasteiger partial charge in [-0.05, 0) is 36.4 Å². The van der Waals surface area contributed by atoms with Crippen molar-refractivity contribution in [2.24, 2.45) is 0 Å². The first kappa shape index (κ1) is 15.0. The number of pyridine rings is 1. The van der Waals surface area contributed by atoms with E-state index < -0.39 is 15.8 Å². The number of anilines is 2. The smallest absolute Gasteiger partial charge is 0.261 e. The van der Waals surface area contributed by atoms with Gasteiger partial charge >= 0.3 is 0 Å². The normalized spacial score (nSPS) is 10.9. The van der Waals surface area contributed by atoms with Gasteiger partial charge in [-0.25, -0.2) is 17.8 Å². The molecule has 0 spiro atoms. The summed E-state index contributed by atoms with van der Waals surface area (Å²) in [5.41, 5.74) is 0.323. The Bertz CT molecular complexity index is 713. The van der Waals surface area contributed by atoms with Crippen molar-refractivity contribution in [1.82, 2.24) is 4.98 Å². The molecule has 0 aliphatic heterocycles. The van der Waals surface area contributed by atoms with E-state index in [9.17, 15) is 12.8 Å². The molecule has 2 aromatic rings. The van der Waals surface area contributed by atoms with Crippen LogP contribution < -0.4 is 10.0 Å². The van der Waals surface area contributed by atoms with Crippen molar-refractivity contribution in [2.75, 3.05) is 16.6 Å². The summed E-state index contributed by atoms with van der Waals surface area (Å²) in [6.07, 6.45) is 3.08. The summed E-state index contributed by atoms with van der Waals surface area (Å²) < 4.78 is 39.3. The number of rotatable bonds is 6. The maximum atomic E-state index is 12.8. The lowest BCUT2D eigenvalue weighted by atomic mass is 10.4. The van der Waals surface area contributed by atoms with Crippen molar-refractivity contribution in [3.05, 3.63) is 61.1 Å². The topological polar surface area (TPSA) is 71.1 Å². The molecule has 0 fully saturated rings. The Balaban J connectivity index is 2.13. The molecule has 21 heavy (non-hydrogen) atoms. The largest absolute Gasteiger partial charge is 0.367 e. The van der Waals surface area contributed by atoms with E-state index in [1.165, 1.54) is 18.3 Å². The van der Waals surface area contributed by atoms with Crippen LogP contribution in [0.1, 0.15) is 0 Å². The Morgan fingerprint density at radius 2 is 1.90 bits per heavy atom. The van der Waals surface area contributed by atoms with Crippen LogP contribution in [0.2, 0.25) is 0 Å². The molecule has 0 saturated carbocycles. The standard InChI is InChI=1S/C14H14FN3O2S/c1-2-9-16-14-8-5-12(10-17-14)18-21(19,20)13-6-3-11(15)4-7-13/h2-8,10,18H,1,9H2,(H,16,17). The highest BCUT2D eigenvalue weighted by atomic mass is 32.2. The predicted molar refractivity (Wildman–Crippen MR) is 80.1 cm³/mol. The third-order valence-corrected chi connectivity index (χ3v) is 3.96. The first-order valence-electron chi connectivity index (χ1n) is 6.10. The minimum Gasteiger partial charge on any atom is -0.367 e. The molecule has 0 aliphatic carbocycles. The van der Waals surface area contributed by atoms with Crippen LogP contribution in [-0.2, 0) is 10.0 Å². The highest BCUT2D eigenvalue weighted by molar-refractivity contribution is 7.92. The molecule has 0 atom stereocenters. The van der Waals surface area contributed by atoms with E-state index in [4.69, 9.17) is 0 Å². The van der Waals surface area contributed by atoms with Crippen LogP contribution in [0.5, 0.6) is 0 Å². The fourth-order valence-corrected chi connectivity index (χ4v) is 2.61. The molecule has 5 nitrogen and oxygen atoms in total. The van der Waals surface area contributed by atoms with Gasteiger partial charge in [-0.3, -0.25) is 4.72 Å². The van der Waals surface area contributed by atoms with Gasteiger partial charge in [0.2, 0.25) is 0 Å². The minimum absolute atomic E-state index is 0.0160. The van der Waals surface area contributed by atoms with Crippen molar-refractivity contribution in [1.29, 1.82) is 0 Å². The fourth-order valence-electron chi connectivity index (χ4n) is 1.56. The van der Waals surface area contributed by atoms with Crippen molar-refractivity contribution in [3.8, 4) is 0 Å². The Morgan fingerprint density at radius 1 is 1.19 bits per heavy atom. The van der Waals surface area contributed by atoms with Crippen molar-refractivity contribution in [3.63, 3.8) is 0 Å². The van der Waals surface area contributed by atoms with Gasteiger partial charge in [0, 0.05) is 6.54 Å². The molecule has 2 rings (SSSR count). The predicted octanol–water partition coefficient (Wildman–Crippen LogP) is 2.62. The quantitative estimate of drug-likeness (QED) is 0.805. The van der Waals surface area contributed by atoms with Gasteiger partial charge in [0.15, 0.2) is 0 Å². The van der Waals surface area contributed by atoms with Crippen LogP contribution >= 0.6 is 0 Å². The summed E-state index contributed by atoms with van der Waals surface area (Å²) in [5, 5.41) is 2.97. The van der Waals surface area contributed by atoms with E-state index >= 15 is 0 Å². The average Bonchev–Trinajstić information content (AvgIpc) is 2.47. The van der Waals surface area contributed by atoms with E-state index in [2.05, 4.69) is 21.6 Å². The molecule has 2 N–H and O–H groups in total. The number of hydrogen-bond donors (Lipinski definition) is 2. The highest BCUT2D eigenvalue weighted by Gasteiger charge is 2.14. The first-order valence-corrected chi connectivity index (χ1v) is 7.59. The molecule has 1 aromatic heterocycles. The average molecular weight is 307 g/mol. The zero-order chi connectivity index (χ0) is 15.3. The van der Waals surface area contributed by atoms with Gasteiger partial charge in [0.05, 0.1) is 16.8 Å². The first-order chi connectivity index (χ1) is 10.0. The van der Waals surface area contributed by atoms with Crippen LogP contribution in [0.25, 0.3) is 0 Å². The van der Waals surface area contributed by atoms with Gasteiger partial charge < -0.3 is 5.32 Å². The number of nitrogens with zero attached hydrogens (tertiary/aromatic N) is 1. The number of halogens is 1. The number of hydrogen-bond acceptors (Lipinski definition) is 4. The number of aromatic nitrogens is 1. The van der Waals surface area contributed by atoms with Gasteiger partial charge in [-0.15, -0.1) is 6.58 Å². The Hall–Kier alpha value is -2.41. The molecule has 0 bridgehead atoms. The van der Waals surface area contributed by atoms with Gasteiger partial charge in [-0.1, -0.05) is 6.08 Å². The van der Waals surface area contributed by atoms with Crippen molar-refractivity contribution >= 4 is 21.5 Å². The summed E-state index contributed by atoms with van der Waals surface area (Å²) in [6.45, 7) is 4.14. The third-order valence-electron chi connectivity index (χ3n) is 2.57. The second kappa shape index (κ2) is 6.36. The lowest BCUT2D eigenvalue weighted by Gasteiger charge is -2.08. The van der Waals surface area contributed by atoms with E-state index in [-0.39, 0.29) is 4.90 Å². The second-order valence-corrected chi connectivity index (χ2v) is 5.84. The number of sulfonamides is 1. The van der Waals surface area contributed by atoms with Crippen LogP contribution in [0.15, 0.2) is 60.1 Å². The third kappa shape index (κ3) is 4.03. The van der Waals surface area contributed by atoms with E-state index in [1.54, 1.807) is 18.2 Å². The maximum Gasteiger partial charge on any atom is 0.261 e. The molecule has 0 unspecified atom stereocenters. The molecule has 0 radical (unpaired) electrons. The summed E-state index contributed by atoms with van der Waals surface area (Å²) in [5.74, 6) is 0.118. The van der Waals surface area contributed by atoms with Crippen LogP contribution in [0.3, 0.4) is 0 Å². The molecular weight excluding hydrogens is 293 g/mol. The number of nitrogens with one attached hydrogen (secondary N) is 2. The van der Waals surface area contributed by atoms with Crippen molar-refractivity contribution < 1.29 is 12.8 Å². The van der Waals surface area contributed by atoms with E-state index in [1.807, 2.05) is 0 Å². The second-order valence-electron chi connectivity index (χ2n) is 4.16. The molecule has 0 aliphatic rings. The summed E-state index contributed by atoms with van der Waals surface area (Å²) in [6, 6.07) is 7.81. The summed E-state index contributed by atoms with van der Waals surface area (Å²) in [7, 11) is -3.75. The lowest BCUT2D eigenvalue weighted by molar-refractivity contribution is 0.599. The molecule has 1 aromatic carbocycles. The van der Waals surface area contributed by atoms with Crippen LogP contribution in [0.4, 0.5) is 15.9 Å². The van der Waals surface area contributed by atoms with Crippen molar-refractivity contribution in [2.45, 2.75) is 4.90 Å². The monoisotopic (exact) mass is 307 g/mol. The maximum absolute atomic E-state index is 12.8. The fraction of sp³-hybridized carbons (Fsp3) is 0.0714. The Morgan fingerprint density at radius 3 is 2.48 bits per heavy atom. The van der Waals surface area contributed by atoms with E-state index in [0.29, 0.717) is 18.1 Å². The SMILES string of the molecule is C=CCNc1ccc(NS(=O)(=O)c2ccc(F)cc2)cn1. The van der Waals surface area contributed by atoms with Gasteiger partial charge in [-0.2, -0.15) is 0 Å². The van der Waals surface area contributed by atoms with Crippen LogP contribution in [0, 0.1) is 5.82 Å². The van der Waals surface area contributed by atoms with Gasteiger partial charge in [0.1, 0.15) is 11.6 Å². The highest BCUT2D eigenvalue weighted by Crippen LogP contribution is 2.16. The molecule has 1 heterocycles. The summed E-state index contributed by atoms with van der Waals surface area (Å²) in [4.78, 5) is 4.05.